The van der Waals surface area contributed by atoms with Gasteiger partial charge in [0, 0.05) is 17.5 Å². The molecule has 1 amide bonds. The number of benzene rings is 1. The molecule has 27 heavy (non-hydrogen) atoms. The third kappa shape index (κ3) is 7.66. The van der Waals surface area contributed by atoms with E-state index in [0.29, 0.717) is 19.1 Å². The van der Waals surface area contributed by atoms with Crippen LogP contribution in [0, 0.1) is 6.92 Å². The lowest BCUT2D eigenvalue weighted by atomic mass is 10.0. The van der Waals surface area contributed by atoms with Gasteiger partial charge in [0.25, 0.3) is 0 Å². The van der Waals surface area contributed by atoms with Crippen LogP contribution in [0.3, 0.4) is 0 Å². The molecule has 0 spiro atoms. The highest BCUT2D eigenvalue weighted by Gasteiger charge is 2.20. The van der Waals surface area contributed by atoms with Crippen LogP contribution in [0.4, 0.5) is 0 Å². The average molecular weight is 432 g/mol. The van der Waals surface area contributed by atoms with Crippen molar-refractivity contribution in [1.29, 1.82) is 0 Å². The summed E-state index contributed by atoms with van der Waals surface area (Å²) in [6.07, 6.45) is 2.31. The van der Waals surface area contributed by atoms with E-state index in [4.69, 9.17) is 4.74 Å². The van der Waals surface area contributed by atoms with Crippen molar-refractivity contribution in [3.8, 4) is 5.75 Å². The smallest absolute Gasteiger partial charge is 0.226 e. The fourth-order valence-electron chi connectivity index (χ4n) is 2.98. The fraction of sp³-hybridized carbons (Fsp3) is 0.474. The normalized spacial score (nSPS) is 18.7. The zero-order valence-corrected chi connectivity index (χ0v) is 18.0. The first-order valence-electron chi connectivity index (χ1n) is 8.74. The molecule has 2 atom stereocenters. The van der Waals surface area contributed by atoms with E-state index in [1.165, 1.54) is 16.9 Å². The van der Waals surface area contributed by atoms with Gasteiger partial charge in [0.15, 0.2) is 0 Å². The molecular formula is C19H27Cl2N3O2S. The van der Waals surface area contributed by atoms with Crippen LogP contribution < -0.4 is 15.4 Å². The van der Waals surface area contributed by atoms with Crippen LogP contribution in [0.15, 0.2) is 29.6 Å². The molecule has 1 fully saturated rings. The number of aromatic nitrogens is 1. The van der Waals surface area contributed by atoms with Gasteiger partial charge in [-0.15, -0.1) is 36.2 Å². The summed E-state index contributed by atoms with van der Waals surface area (Å²) in [5, 5.41) is 9.35. The van der Waals surface area contributed by atoms with E-state index in [0.717, 1.165) is 35.8 Å². The third-order valence-electron chi connectivity index (χ3n) is 4.31. The average Bonchev–Trinajstić information content (AvgIpc) is 3.01. The molecule has 150 valence electrons. The van der Waals surface area contributed by atoms with Crippen LogP contribution in [0.5, 0.6) is 5.75 Å². The van der Waals surface area contributed by atoms with E-state index < -0.39 is 0 Å². The molecule has 0 radical (unpaired) electrons. The molecule has 2 aromatic rings. The van der Waals surface area contributed by atoms with E-state index in [1.807, 2.05) is 36.6 Å². The zero-order valence-electron chi connectivity index (χ0n) is 15.6. The highest BCUT2D eigenvalue weighted by Crippen LogP contribution is 2.16. The van der Waals surface area contributed by atoms with Gasteiger partial charge in [0.1, 0.15) is 17.4 Å². The standard InChI is InChI=1S/C19H25N3O2S.2ClH/c1-13-3-5-17(6-4-13)24-11-19-22-16(12-25-19)10-18(23)21-15-7-8-20-14(2)9-15;;/h3-6,12,14-15,20H,7-11H2,1-2H3,(H,21,23);2*1H. The number of halogens is 2. The molecule has 0 saturated carbocycles. The Labute approximate surface area is 177 Å². The van der Waals surface area contributed by atoms with Crippen molar-refractivity contribution in [2.45, 2.75) is 51.8 Å². The highest BCUT2D eigenvalue weighted by atomic mass is 35.5. The molecule has 0 aliphatic carbocycles. The Morgan fingerprint density at radius 2 is 2.07 bits per heavy atom. The van der Waals surface area contributed by atoms with Gasteiger partial charge in [-0.3, -0.25) is 4.79 Å². The number of nitrogens with zero attached hydrogens (tertiary/aromatic N) is 1. The van der Waals surface area contributed by atoms with Gasteiger partial charge in [0.05, 0.1) is 12.1 Å². The second-order valence-corrected chi connectivity index (χ2v) is 7.60. The number of hydrogen-bond acceptors (Lipinski definition) is 5. The maximum absolute atomic E-state index is 12.2. The van der Waals surface area contributed by atoms with Gasteiger partial charge in [-0.1, -0.05) is 17.7 Å². The molecule has 2 unspecified atom stereocenters. The van der Waals surface area contributed by atoms with E-state index in [9.17, 15) is 4.79 Å². The topological polar surface area (TPSA) is 63.2 Å². The van der Waals surface area contributed by atoms with Gasteiger partial charge in [-0.25, -0.2) is 4.98 Å². The number of ether oxygens (including phenoxy) is 1. The van der Waals surface area contributed by atoms with Crippen molar-refractivity contribution in [1.82, 2.24) is 15.6 Å². The summed E-state index contributed by atoms with van der Waals surface area (Å²) in [6.45, 7) is 5.59. The van der Waals surface area contributed by atoms with Crippen molar-refractivity contribution in [2.75, 3.05) is 6.54 Å². The molecule has 8 heteroatoms. The summed E-state index contributed by atoms with van der Waals surface area (Å²) in [5.74, 6) is 0.885. The lowest BCUT2D eigenvalue weighted by Crippen LogP contribution is -2.46. The maximum Gasteiger partial charge on any atom is 0.226 e. The fourth-order valence-corrected chi connectivity index (χ4v) is 3.69. The number of hydrogen-bond donors (Lipinski definition) is 2. The summed E-state index contributed by atoms with van der Waals surface area (Å²) < 4.78 is 5.74. The number of aryl methyl sites for hydroxylation is 1. The molecule has 2 heterocycles. The minimum atomic E-state index is 0. The second kappa shape index (κ2) is 11.5. The quantitative estimate of drug-likeness (QED) is 0.731. The molecule has 1 aliphatic rings. The Kier molecular flexibility index (Phi) is 10.1. The summed E-state index contributed by atoms with van der Waals surface area (Å²) >= 11 is 1.53. The minimum Gasteiger partial charge on any atom is -0.486 e. The van der Waals surface area contributed by atoms with Crippen LogP contribution in [-0.2, 0) is 17.8 Å². The Morgan fingerprint density at radius 1 is 1.33 bits per heavy atom. The van der Waals surface area contributed by atoms with Gasteiger partial charge in [-0.05, 0) is 45.4 Å². The Hall–Kier alpha value is -1.34. The third-order valence-corrected chi connectivity index (χ3v) is 5.18. The zero-order chi connectivity index (χ0) is 17.6. The van der Waals surface area contributed by atoms with Gasteiger partial charge in [-0.2, -0.15) is 0 Å². The SMILES string of the molecule is Cc1ccc(OCc2nc(CC(=O)NC3CCNC(C)C3)cs2)cc1.Cl.Cl. The van der Waals surface area contributed by atoms with Crippen molar-refractivity contribution >= 4 is 42.1 Å². The molecule has 3 rings (SSSR count). The number of piperidine rings is 1. The number of rotatable bonds is 6. The van der Waals surface area contributed by atoms with Crippen molar-refractivity contribution in [2.24, 2.45) is 0 Å². The van der Waals surface area contributed by atoms with Gasteiger partial charge in [0.2, 0.25) is 5.91 Å². The summed E-state index contributed by atoms with van der Waals surface area (Å²) in [5.41, 5.74) is 2.02. The van der Waals surface area contributed by atoms with Crippen LogP contribution in [0.2, 0.25) is 0 Å². The Bertz CT molecular complexity index is 709. The number of carbonyl (C=O) groups excluding carboxylic acids is 1. The lowest BCUT2D eigenvalue weighted by molar-refractivity contribution is -0.121. The van der Waals surface area contributed by atoms with E-state index in [1.54, 1.807) is 0 Å². The lowest BCUT2D eigenvalue weighted by Gasteiger charge is -2.28. The van der Waals surface area contributed by atoms with Crippen LogP contribution in [0.1, 0.15) is 36.0 Å². The van der Waals surface area contributed by atoms with Crippen LogP contribution in [-0.4, -0.2) is 29.5 Å². The maximum atomic E-state index is 12.2. The van der Waals surface area contributed by atoms with Crippen LogP contribution in [0.25, 0.3) is 0 Å². The molecule has 1 aliphatic heterocycles. The number of thiazole rings is 1. The van der Waals surface area contributed by atoms with Crippen molar-refractivity contribution in [3.63, 3.8) is 0 Å². The molecule has 2 N–H and O–H groups in total. The summed E-state index contributed by atoms with van der Waals surface area (Å²) in [4.78, 5) is 16.7. The predicted molar refractivity (Wildman–Crippen MR) is 114 cm³/mol. The van der Waals surface area contributed by atoms with Crippen LogP contribution >= 0.6 is 36.2 Å². The number of carbonyl (C=O) groups is 1. The summed E-state index contributed by atoms with van der Waals surface area (Å²) in [7, 11) is 0. The second-order valence-electron chi connectivity index (χ2n) is 6.66. The van der Waals surface area contributed by atoms with Crippen molar-refractivity contribution < 1.29 is 9.53 Å². The van der Waals surface area contributed by atoms with E-state index in [2.05, 4.69) is 22.5 Å². The first-order chi connectivity index (χ1) is 12.1. The monoisotopic (exact) mass is 431 g/mol. The van der Waals surface area contributed by atoms with E-state index in [-0.39, 0.29) is 36.8 Å². The molecule has 1 saturated heterocycles. The Morgan fingerprint density at radius 3 is 2.78 bits per heavy atom. The first kappa shape index (κ1) is 23.7. The minimum absolute atomic E-state index is 0. The van der Waals surface area contributed by atoms with Gasteiger partial charge >= 0.3 is 0 Å². The van der Waals surface area contributed by atoms with Gasteiger partial charge < -0.3 is 15.4 Å². The number of nitrogens with one attached hydrogen (secondary N) is 2. The van der Waals surface area contributed by atoms with Crippen molar-refractivity contribution in [3.05, 3.63) is 45.9 Å². The predicted octanol–water partition coefficient (Wildman–Crippen LogP) is 3.67. The largest absolute Gasteiger partial charge is 0.486 e. The number of amides is 1. The molecule has 1 aromatic carbocycles. The summed E-state index contributed by atoms with van der Waals surface area (Å²) in [6, 6.07) is 8.69. The molecule has 5 nitrogen and oxygen atoms in total. The Balaban J connectivity index is 0.00000182. The molecule has 1 aromatic heterocycles. The first-order valence-corrected chi connectivity index (χ1v) is 9.62. The van der Waals surface area contributed by atoms with E-state index >= 15 is 0 Å². The molecular weight excluding hydrogens is 405 g/mol. The highest BCUT2D eigenvalue weighted by molar-refractivity contribution is 7.09. The molecule has 0 bridgehead atoms.